The van der Waals surface area contributed by atoms with Crippen LogP contribution >= 0.6 is 11.3 Å². The van der Waals surface area contributed by atoms with Gasteiger partial charge in [0.15, 0.2) is 0 Å². The first-order valence-corrected chi connectivity index (χ1v) is 8.64. The lowest BCUT2D eigenvalue weighted by Gasteiger charge is -2.04. The number of benzene rings is 2. The number of imidazole rings is 1. The highest BCUT2D eigenvalue weighted by Crippen LogP contribution is 2.30. The highest BCUT2D eigenvalue weighted by atomic mass is 32.1. The fourth-order valence-corrected chi connectivity index (χ4v) is 3.87. The van der Waals surface area contributed by atoms with Gasteiger partial charge in [0.2, 0.25) is 0 Å². The number of para-hydroxylation sites is 2. The van der Waals surface area contributed by atoms with Crippen LogP contribution in [0.5, 0.6) is 0 Å². The van der Waals surface area contributed by atoms with Crippen molar-refractivity contribution in [1.29, 1.82) is 0 Å². The molecule has 0 atom stereocenters. The maximum atomic E-state index is 11.4. The highest BCUT2D eigenvalue weighted by Gasteiger charge is 2.14. The minimum atomic E-state index is -0.929. The molecule has 0 aliphatic rings. The third-order valence-electron chi connectivity index (χ3n) is 4.12. The molecule has 5 nitrogen and oxygen atoms in total. The van der Waals surface area contributed by atoms with Crippen LogP contribution in [-0.2, 0) is 6.54 Å². The predicted octanol–water partition coefficient (Wildman–Crippen LogP) is 4.21. The van der Waals surface area contributed by atoms with E-state index < -0.39 is 5.97 Å². The van der Waals surface area contributed by atoms with Gasteiger partial charge in [-0.3, -0.25) is 0 Å². The average molecular weight is 349 g/mol. The Labute approximate surface area is 148 Å². The third-order valence-corrected chi connectivity index (χ3v) is 5.13. The molecule has 0 spiro atoms. The molecule has 0 saturated carbocycles. The molecule has 6 heteroatoms. The van der Waals surface area contributed by atoms with Crippen molar-refractivity contribution in [3.8, 4) is 10.4 Å². The molecule has 0 aliphatic carbocycles. The van der Waals surface area contributed by atoms with Crippen molar-refractivity contribution in [2.24, 2.45) is 0 Å². The topological polar surface area (TPSA) is 68.0 Å². The number of hydrogen-bond donors (Lipinski definition) is 1. The lowest BCUT2D eigenvalue weighted by molar-refractivity contribution is 0.0698. The predicted molar refractivity (Wildman–Crippen MR) is 98.1 cm³/mol. The molecule has 4 rings (SSSR count). The Hall–Kier alpha value is -2.99. The molecule has 2 aromatic carbocycles. The average Bonchev–Trinajstić information content (AvgIpc) is 3.20. The van der Waals surface area contributed by atoms with E-state index in [-0.39, 0.29) is 0 Å². The van der Waals surface area contributed by atoms with Crippen molar-refractivity contribution in [2.45, 2.75) is 13.5 Å². The third kappa shape index (κ3) is 2.81. The molecule has 0 amide bonds. The summed E-state index contributed by atoms with van der Waals surface area (Å²) in [5, 5.41) is 10.3. The SMILES string of the molecule is Cc1nc2ccccc2n1Cc1ncc(-c2ccccc2C(=O)O)s1. The summed E-state index contributed by atoms with van der Waals surface area (Å²) in [5.41, 5.74) is 3.03. The molecular weight excluding hydrogens is 334 g/mol. The van der Waals surface area contributed by atoms with Crippen LogP contribution < -0.4 is 0 Å². The zero-order chi connectivity index (χ0) is 17.4. The number of thiazole rings is 1. The van der Waals surface area contributed by atoms with Crippen LogP contribution in [0.3, 0.4) is 0 Å². The molecule has 0 saturated heterocycles. The summed E-state index contributed by atoms with van der Waals surface area (Å²) in [6.07, 6.45) is 1.75. The van der Waals surface area contributed by atoms with E-state index in [4.69, 9.17) is 0 Å². The van der Waals surface area contributed by atoms with Gasteiger partial charge in [-0.25, -0.2) is 14.8 Å². The number of aromatic carboxylic acids is 1. The van der Waals surface area contributed by atoms with Crippen LogP contribution in [0.4, 0.5) is 0 Å². The Bertz CT molecular complexity index is 1080. The van der Waals surface area contributed by atoms with Crippen molar-refractivity contribution >= 4 is 28.3 Å². The van der Waals surface area contributed by atoms with Crippen LogP contribution in [0.25, 0.3) is 21.5 Å². The Morgan fingerprint density at radius 1 is 1.16 bits per heavy atom. The molecule has 25 heavy (non-hydrogen) atoms. The highest BCUT2D eigenvalue weighted by molar-refractivity contribution is 7.15. The molecule has 2 heterocycles. The van der Waals surface area contributed by atoms with Gasteiger partial charge in [0, 0.05) is 11.8 Å². The maximum absolute atomic E-state index is 11.4. The number of aryl methyl sites for hydroxylation is 1. The second-order valence-electron chi connectivity index (χ2n) is 5.70. The van der Waals surface area contributed by atoms with E-state index in [0.29, 0.717) is 17.7 Å². The summed E-state index contributed by atoms with van der Waals surface area (Å²) >= 11 is 1.51. The van der Waals surface area contributed by atoms with Crippen LogP contribution in [0.2, 0.25) is 0 Å². The van der Waals surface area contributed by atoms with Gasteiger partial charge in [0.25, 0.3) is 0 Å². The summed E-state index contributed by atoms with van der Waals surface area (Å²) < 4.78 is 2.13. The van der Waals surface area contributed by atoms with Gasteiger partial charge < -0.3 is 9.67 Å². The zero-order valence-corrected chi connectivity index (χ0v) is 14.3. The van der Waals surface area contributed by atoms with Gasteiger partial charge in [-0.2, -0.15) is 0 Å². The molecule has 0 bridgehead atoms. The fraction of sp³-hybridized carbons (Fsp3) is 0.105. The first-order valence-electron chi connectivity index (χ1n) is 7.83. The number of rotatable bonds is 4. The molecule has 1 N–H and O–H groups in total. The quantitative estimate of drug-likeness (QED) is 0.599. The standard InChI is InChI=1S/C19H15N3O2S/c1-12-21-15-8-4-5-9-16(15)22(12)11-18-20-10-17(25-18)13-6-2-3-7-14(13)19(23)24/h2-10H,11H2,1H3,(H,23,24). The summed E-state index contributed by atoms with van der Waals surface area (Å²) in [5.74, 6) is 0.00545. The monoisotopic (exact) mass is 349 g/mol. The molecule has 4 aromatic rings. The van der Waals surface area contributed by atoms with Crippen molar-refractivity contribution in [1.82, 2.24) is 14.5 Å². The number of fused-ring (bicyclic) bond motifs is 1. The summed E-state index contributed by atoms with van der Waals surface area (Å²) in [4.78, 5) is 21.3. The maximum Gasteiger partial charge on any atom is 0.336 e. The second-order valence-corrected chi connectivity index (χ2v) is 6.82. The number of carboxylic acids is 1. The Morgan fingerprint density at radius 2 is 1.92 bits per heavy atom. The Morgan fingerprint density at radius 3 is 2.76 bits per heavy atom. The number of carboxylic acid groups (broad SMARTS) is 1. The minimum Gasteiger partial charge on any atom is -0.478 e. The number of nitrogens with zero attached hydrogens (tertiary/aromatic N) is 3. The first kappa shape index (κ1) is 15.5. The van der Waals surface area contributed by atoms with E-state index in [2.05, 4.69) is 14.5 Å². The van der Waals surface area contributed by atoms with Gasteiger partial charge in [-0.05, 0) is 25.1 Å². The lowest BCUT2D eigenvalue weighted by Crippen LogP contribution is -2.01. The van der Waals surface area contributed by atoms with E-state index in [1.807, 2.05) is 43.3 Å². The van der Waals surface area contributed by atoms with Crippen LogP contribution in [-0.4, -0.2) is 25.6 Å². The second kappa shape index (κ2) is 6.14. The van der Waals surface area contributed by atoms with E-state index in [9.17, 15) is 9.90 Å². The van der Waals surface area contributed by atoms with Crippen LogP contribution in [0.1, 0.15) is 21.2 Å². The minimum absolute atomic E-state index is 0.293. The smallest absolute Gasteiger partial charge is 0.336 e. The van der Waals surface area contributed by atoms with Crippen molar-refractivity contribution in [3.05, 3.63) is 71.1 Å². The van der Waals surface area contributed by atoms with Gasteiger partial charge in [-0.1, -0.05) is 30.3 Å². The molecule has 0 aliphatic heterocycles. The first-order chi connectivity index (χ1) is 12.1. The number of carbonyl (C=O) groups is 1. The van der Waals surface area contributed by atoms with Crippen molar-refractivity contribution < 1.29 is 9.90 Å². The summed E-state index contributed by atoms with van der Waals surface area (Å²) in [7, 11) is 0. The van der Waals surface area contributed by atoms with E-state index >= 15 is 0 Å². The molecule has 0 radical (unpaired) electrons. The molecule has 0 fully saturated rings. The fourth-order valence-electron chi connectivity index (χ4n) is 2.92. The van der Waals surface area contributed by atoms with Gasteiger partial charge in [0.05, 0.1) is 28.0 Å². The largest absolute Gasteiger partial charge is 0.478 e. The van der Waals surface area contributed by atoms with E-state index in [0.717, 1.165) is 26.7 Å². The van der Waals surface area contributed by atoms with Gasteiger partial charge >= 0.3 is 5.97 Å². The number of aromatic nitrogens is 3. The van der Waals surface area contributed by atoms with E-state index in [1.165, 1.54) is 11.3 Å². The Balaban J connectivity index is 1.71. The normalized spacial score (nSPS) is 11.1. The number of hydrogen-bond acceptors (Lipinski definition) is 4. The molecule has 2 aromatic heterocycles. The molecular formula is C19H15N3O2S. The Kier molecular flexibility index (Phi) is 3.82. The van der Waals surface area contributed by atoms with Crippen molar-refractivity contribution in [2.75, 3.05) is 0 Å². The molecule has 124 valence electrons. The van der Waals surface area contributed by atoms with Crippen molar-refractivity contribution in [3.63, 3.8) is 0 Å². The van der Waals surface area contributed by atoms with Gasteiger partial charge in [0.1, 0.15) is 10.8 Å². The lowest BCUT2D eigenvalue weighted by atomic mass is 10.1. The van der Waals surface area contributed by atoms with E-state index in [1.54, 1.807) is 18.3 Å². The van der Waals surface area contributed by atoms with Crippen LogP contribution in [0.15, 0.2) is 54.7 Å². The summed E-state index contributed by atoms with van der Waals surface area (Å²) in [6, 6.07) is 15.0. The zero-order valence-electron chi connectivity index (χ0n) is 13.5. The van der Waals surface area contributed by atoms with Crippen LogP contribution in [0, 0.1) is 6.92 Å². The van der Waals surface area contributed by atoms with Gasteiger partial charge in [-0.15, -0.1) is 11.3 Å². The summed E-state index contributed by atoms with van der Waals surface area (Å²) in [6.45, 7) is 2.60. The molecule has 0 unspecified atom stereocenters.